The van der Waals surface area contributed by atoms with E-state index in [2.05, 4.69) is 19.1 Å². The summed E-state index contributed by atoms with van der Waals surface area (Å²) in [6, 6.07) is 0. The van der Waals surface area contributed by atoms with E-state index in [0.717, 1.165) is 57.4 Å². The Morgan fingerprint density at radius 3 is 2.20 bits per heavy atom. The Morgan fingerprint density at radius 1 is 0.852 bits per heavy atom. The number of allylic oxidation sites excluding steroid dienone is 5. The van der Waals surface area contributed by atoms with Gasteiger partial charge in [0.1, 0.15) is 31.0 Å². The molecule has 0 spiro atoms. The van der Waals surface area contributed by atoms with E-state index in [-0.39, 0.29) is 19.3 Å². The molecule has 0 saturated carbocycles. The van der Waals surface area contributed by atoms with Crippen molar-refractivity contribution in [1.82, 2.24) is 0 Å². The monoisotopic (exact) mass is 886 g/mol. The van der Waals surface area contributed by atoms with Gasteiger partial charge in [0, 0.05) is 18.8 Å². The summed E-state index contributed by atoms with van der Waals surface area (Å²) in [5.41, 5.74) is 0. The molecule has 2 bridgehead atoms. The third-order valence-electron chi connectivity index (χ3n) is 10.9. The van der Waals surface area contributed by atoms with Gasteiger partial charge in [-0.15, -0.1) is 0 Å². The Bertz CT molecular complexity index is 1420. The average Bonchev–Trinajstić information content (AvgIpc) is 3.23. The second kappa shape index (κ2) is 31.3. The molecule has 15 nitrogen and oxygen atoms in total. The van der Waals surface area contributed by atoms with Crippen molar-refractivity contribution in [3.8, 4) is 0 Å². The Hall–Kier alpha value is -2.56. The number of rotatable bonds is 21. The van der Waals surface area contributed by atoms with Crippen LogP contribution in [0.4, 0.5) is 0 Å². The second-order valence-electron chi connectivity index (χ2n) is 16.2. The molecule has 2 aliphatic rings. The van der Waals surface area contributed by atoms with Crippen molar-refractivity contribution in [2.24, 2.45) is 11.8 Å². The third-order valence-corrected chi connectivity index (χ3v) is 11.9. The van der Waals surface area contributed by atoms with Crippen molar-refractivity contribution in [3.63, 3.8) is 0 Å². The number of carbonyl (C=O) groups is 3. The number of cyclic esters (lactones) is 1. The zero-order valence-electron chi connectivity index (χ0n) is 36.3. The van der Waals surface area contributed by atoms with Gasteiger partial charge in [-0.2, -0.15) is 0 Å². The molecule has 350 valence electrons. The normalized spacial score (nSPS) is 31.7. The van der Waals surface area contributed by atoms with E-state index in [9.17, 15) is 54.5 Å². The van der Waals surface area contributed by atoms with Crippen LogP contribution in [-0.4, -0.2) is 115 Å². The first-order valence-electron chi connectivity index (χ1n) is 22.5. The highest BCUT2D eigenvalue weighted by Crippen LogP contribution is 2.47. The molecule has 11 atom stereocenters. The maximum absolute atomic E-state index is 13.5. The Kier molecular flexibility index (Phi) is 28.0. The number of aliphatic hydroxyl groups is 6. The summed E-state index contributed by atoms with van der Waals surface area (Å²) in [7, 11) is -5.41. The molecule has 1 aliphatic heterocycles. The summed E-state index contributed by atoms with van der Waals surface area (Å²) in [6.07, 6.45) is 12.3. The molecule has 16 heteroatoms. The lowest BCUT2D eigenvalue weighted by Gasteiger charge is -2.36. The van der Waals surface area contributed by atoms with Crippen molar-refractivity contribution in [2.45, 2.75) is 191 Å². The SMILES string of the molecule is CCCCCC/C=C\CCCCCCCC(=O)OC[C@@H]1COP(=O)(O)O[C@H]2[C@H](O)[C@@H](O)[C@H](O)[C@H](/C=C\C(=O)[C@H](/C=C/[C@@H](O)CCCCC)[C@@H](O)[C@H]2O)C/C=C\CCCC(=O)O1. The molecule has 0 radical (unpaired) electrons. The van der Waals surface area contributed by atoms with Gasteiger partial charge < -0.3 is 45.0 Å². The lowest BCUT2D eigenvalue weighted by molar-refractivity contribution is -0.164. The summed E-state index contributed by atoms with van der Waals surface area (Å²) < 4.78 is 34.5. The van der Waals surface area contributed by atoms with Crippen LogP contribution in [0.2, 0.25) is 0 Å². The molecular formula is C45H75O15P. The van der Waals surface area contributed by atoms with Crippen molar-refractivity contribution >= 4 is 25.5 Å². The standard InChI is InChI=1S/C45H75O15P/c1-3-5-7-8-9-10-11-12-13-14-15-16-21-25-38(48)57-31-35-32-58-61(55,56)60-45-43(53)41(51)36(29-28-34(46)24-19-6-4-2)37(47)30-27-33(40(50)42(52)44(45)54)23-20-17-18-22-26-39(49)59-35/h10-11,17,20,27-30,33-36,40-46,50-54H,3-9,12-16,18-19,21-26,31-32H2,1-2H3,(H,55,56)/b11-10-,20-17-,29-28+,30-27-/t33-,34-,35+,36-,40+,41+,42-,43+,44+,45+/m0/s1. The van der Waals surface area contributed by atoms with Crippen LogP contribution in [0.5, 0.6) is 0 Å². The smallest absolute Gasteiger partial charge is 0.462 e. The van der Waals surface area contributed by atoms with E-state index in [1.165, 1.54) is 43.9 Å². The van der Waals surface area contributed by atoms with Gasteiger partial charge in [-0.1, -0.05) is 114 Å². The van der Waals surface area contributed by atoms with Gasteiger partial charge in [-0.25, -0.2) is 4.57 Å². The predicted molar refractivity (Wildman–Crippen MR) is 230 cm³/mol. The van der Waals surface area contributed by atoms with Crippen molar-refractivity contribution in [3.05, 3.63) is 48.6 Å². The molecule has 61 heavy (non-hydrogen) atoms. The molecule has 7 N–H and O–H groups in total. The number of unbranched alkanes of at least 4 members (excludes halogenated alkanes) is 11. The highest BCUT2D eigenvalue weighted by molar-refractivity contribution is 7.47. The maximum Gasteiger partial charge on any atom is 0.472 e. The number of phosphoric acid groups is 1. The van der Waals surface area contributed by atoms with Crippen LogP contribution in [-0.2, 0) is 37.5 Å². The van der Waals surface area contributed by atoms with Crippen molar-refractivity contribution in [2.75, 3.05) is 13.2 Å². The molecule has 0 aromatic heterocycles. The highest BCUT2D eigenvalue weighted by atomic mass is 31.2. The number of carbonyl (C=O) groups excluding carboxylic acids is 3. The number of ketones is 1. The highest BCUT2D eigenvalue weighted by Gasteiger charge is 2.47. The lowest BCUT2D eigenvalue weighted by Crippen LogP contribution is -2.55. The minimum absolute atomic E-state index is 0.0262. The number of hydrogen-bond donors (Lipinski definition) is 7. The molecule has 0 fully saturated rings. The zero-order valence-corrected chi connectivity index (χ0v) is 37.2. The van der Waals surface area contributed by atoms with Crippen molar-refractivity contribution in [1.29, 1.82) is 0 Å². The molecule has 0 aromatic carbocycles. The first-order chi connectivity index (χ1) is 29.2. The van der Waals surface area contributed by atoms with Gasteiger partial charge in [0.25, 0.3) is 0 Å². The number of fused-ring (bicyclic) bond motifs is 4. The fraction of sp³-hybridized carbons (Fsp3) is 0.756. The van der Waals surface area contributed by atoms with Gasteiger partial charge in [0.2, 0.25) is 0 Å². The largest absolute Gasteiger partial charge is 0.472 e. The number of phosphoric ester groups is 1. The molecule has 0 amide bonds. The fourth-order valence-corrected chi connectivity index (χ4v) is 8.04. The van der Waals surface area contributed by atoms with E-state index < -0.39 is 99.4 Å². The molecule has 1 heterocycles. The minimum atomic E-state index is -5.41. The van der Waals surface area contributed by atoms with Crippen LogP contribution in [0.1, 0.15) is 142 Å². The maximum atomic E-state index is 13.5. The van der Waals surface area contributed by atoms with Crippen LogP contribution in [0.15, 0.2) is 48.6 Å². The molecule has 1 aliphatic carbocycles. The van der Waals surface area contributed by atoms with E-state index in [1.807, 2.05) is 6.92 Å². The minimum Gasteiger partial charge on any atom is -0.462 e. The van der Waals surface area contributed by atoms with Crippen LogP contribution in [0.3, 0.4) is 0 Å². The first-order valence-corrected chi connectivity index (χ1v) is 24.0. The Balaban J connectivity index is 2.19. The van der Waals surface area contributed by atoms with Crippen LogP contribution >= 0.6 is 7.82 Å². The van der Waals surface area contributed by atoms with Gasteiger partial charge in [0.15, 0.2) is 11.9 Å². The Labute approximate surface area is 362 Å². The Morgan fingerprint density at radius 2 is 1.49 bits per heavy atom. The number of aliphatic hydroxyl groups excluding tert-OH is 6. The zero-order chi connectivity index (χ0) is 45.0. The summed E-state index contributed by atoms with van der Waals surface area (Å²) in [4.78, 5) is 49.8. The van der Waals surface area contributed by atoms with Crippen LogP contribution in [0.25, 0.3) is 0 Å². The third kappa shape index (κ3) is 22.6. The second-order valence-corrected chi connectivity index (χ2v) is 17.6. The molecule has 0 saturated heterocycles. The van der Waals surface area contributed by atoms with Gasteiger partial charge in [-0.3, -0.25) is 23.4 Å². The molecule has 0 aromatic rings. The molecular weight excluding hydrogens is 811 g/mol. The fourth-order valence-electron chi connectivity index (χ4n) is 7.07. The van der Waals surface area contributed by atoms with Crippen LogP contribution in [0, 0.1) is 11.8 Å². The van der Waals surface area contributed by atoms with E-state index >= 15 is 0 Å². The quantitative estimate of drug-likeness (QED) is 0.0302. The topological polar surface area (TPSA) is 247 Å². The molecule has 1 unspecified atom stereocenters. The first kappa shape index (κ1) is 54.6. The van der Waals surface area contributed by atoms with Gasteiger partial charge in [-0.05, 0) is 63.9 Å². The van der Waals surface area contributed by atoms with Gasteiger partial charge >= 0.3 is 19.8 Å². The summed E-state index contributed by atoms with van der Waals surface area (Å²) in [5.74, 6) is -4.64. The van der Waals surface area contributed by atoms with Gasteiger partial charge in [0.05, 0.1) is 30.8 Å². The summed E-state index contributed by atoms with van der Waals surface area (Å²) in [5, 5.41) is 66.8. The van der Waals surface area contributed by atoms with Crippen molar-refractivity contribution < 1.29 is 73.0 Å². The lowest BCUT2D eigenvalue weighted by atomic mass is 9.87. The molecule has 2 rings (SSSR count). The summed E-state index contributed by atoms with van der Waals surface area (Å²) in [6.45, 7) is 2.82. The van der Waals surface area contributed by atoms with E-state index in [1.54, 1.807) is 12.2 Å². The summed E-state index contributed by atoms with van der Waals surface area (Å²) >= 11 is 0. The van der Waals surface area contributed by atoms with Crippen LogP contribution < -0.4 is 0 Å². The number of ether oxygens (including phenoxy) is 2. The van der Waals surface area contributed by atoms with E-state index in [4.69, 9.17) is 18.5 Å². The number of hydrogen-bond acceptors (Lipinski definition) is 14. The predicted octanol–water partition coefficient (Wildman–Crippen LogP) is 6.00. The average molecular weight is 887 g/mol. The number of esters is 2. The van der Waals surface area contributed by atoms with E-state index in [0.29, 0.717) is 32.1 Å².